The van der Waals surface area contributed by atoms with Gasteiger partial charge in [0, 0.05) is 11.4 Å². The third kappa shape index (κ3) is 3.91. The molecule has 1 aliphatic carbocycles. The first-order valence-electron chi connectivity index (χ1n) is 10.3. The van der Waals surface area contributed by atoms with Crippen LogP contribution in [0.15, 0.2) is 35.1 Å². The summed E-state index contributed by atoms with van der Waals surface area (Å²) in [4.78, 5) is 22.9. The Kier molecular flexibility index (Phi) is 5.65. The first kappa shape index (κ1) is 19.3. The molecule has 0 N–H and O–H groups in total. The number of thiophene rings is 1. The number of rotatable bonds is 6. The van der Waals surface area contributed by atoms with Crippen LogP contribution in [0.5, 0.6) is 0 Å². The van der Waals surface area contributed by atoms with E-state index in [1.165, 1.54) is 22.4 Å². The summed E-state index contributed by atoms with van der Waals surface area (Å²) >= 11 is 1.75. The topological polar surface area (TPSA) is 38.1 Å². The van der Waals surface area contributed by atoms with E-state index in [4.69, 9.17) is 4.98 Å². The fourth-order valence-electron chi connectivity index (χ4n) is 4.19. The lowest BCUT2D eigenvalue weighted by Crippen LogP contribution is -2.29. The van der Waals surface area contributed by atoms with Crippen LogP contribution in [0.4, 0.5) is 0 Å². The molecule has 0 fully saturated rings. The summed E-state index contributed by atoms with van der Waals surface area (Å²) in [6.45, 7) is 3.72. The van der Waals surface area contributed by atoms with E-state index < -0.39 is 0 Å². The predicted molar refractivity (Wildman–Crippen MR) is 117 cm³/mol. The first-order valence-corrected chi connectivity index (χ1v) is 11.1. The van der Waals surface area contributed by atoms with E-state index in [0.717, 1.165) is 48.3 Å². The zero-order chi connectivity index (χ0) is 19.7. The van der Waals surface area contributed by atoms with Gasteiger partial charge in [-0.2, -0.15) is 0 Å². The van der Waals surface area contributed by atoms with Gasteiger partial charge in [-0.1, -0.05) is 37.3 Å². The lowest BCUT2D eigenvalue weighted by atomic mass is 9.89. The van der Waals surface area contributed by atoms with Crippen LogP contribution in [0.25, 0.3) is 10.2 Å². The second kappa shape index (κ2) is 8.18. The van der Waals surface area contributed by atoms with E-state index in [-0.39, 0.29) is 5.56 Å². The largest absolute Gasteiger partial charge is 0.302 e. The molecule has 4 rings (SSSR count). The Hall–Kier alpha value is -1.98. The molecule has 1 atom stereocenters. The third-order valence-electron chi connectivity index (χ3n) is 5.64. The summed E-state index contributed by atoms with van der Waals surface area (Å²) in [5.41, 5.74) is 2.77. The number of fused-ring (bicyclic) bond motifs is 3. The second-order valence-corrected chi connectivity index (χ2v) is 9.43. The predicted octanol–water partition coefficient (Wildman–Crippen LogP) is 4.28. The number of benzene rings is 1. The van der Waals surface area contributed by atoms with Gasteiger partial charge in [-0.15, -0.1) is 11.3 Å². The molecule has 3 aromatic rings. The Bertz CT molecular complexity index is 1020. The SMILES string of the molecule is CC1CCc2c(sc3nc(CN(C)C)n(CCCc4ccccc4)c(=O)c23)C1. The van der Waals surface area contributed by atoms with Gasteiger partial charge in [0.2, 0.25) is 0 Å². The van der Waals surface area contributed by atoms with Crippen molar-refractivity contribution in [1.82, 2.24) is 14.5 Å². The van der Waals surface area contributed by atoms with E-state index in [1.54, 1.807) is 11.3 Å². The van der Waals surface area contributed by atoms with Gasteiger partial charge in [-0.05, 0) is 63.2 Å². The van der Waals surface area contributed by atoms with E-state index in [9.17, 15) is 4.79 Å². The number of aromatic nitrogens is 2. The molecule has 4 nitrogen and oxygen atoms in total. The van der Waals surface area contributed by atoms with Gasteiger partial charge >= 0.3 is 0 Å². The van der Waals surface area contributed by atoms with Crippen molar-refractivity contribution in [3.8, 4) is 0 Å². The van der Waals surface area contributed by atoms with Crippen LogP contribution in [0.1, 0.15) is 41.6 Å². The van der Waals surface area contributed by atoms with Crippen molar-refractivity contribution < 1.29 is 0 Å². The van der Waals surface area contributed by atoms with Gasteiger partial charge in [0.15, 0.2) is 0 Å². The lowest BCUT2D eigenvalue weighted by molar-refractivity contribution is 0.375. The van der Waals surface area contributed by atoms with E-state index in [2.05, 4.69) is 36.1 Å². The highest BCUT2D eigenvalue weighted by molar-refractivity contribution is 7.18. The zero-order valence-electron chi connectivity index (χ0n) is 17.1. The molecular weight excluding hydrogens is 366 g/mol. The van der Waals surface area contributed by atoms with Gasteiger partial charge in [0.1, 0.15) is 10.7 Å². The molecule has 2 aromatic heterocycles. The van der Waals surface area contributed by atoms with Crippen molar-refractivity contribution in [1.29, 1.82) is 0 Å². The molecular formula is C23H29N3OS. The maximum Gasteiger partial charge on any atom is 0.262 e. The number of hydrogen-bond acceptors (Lipinski definition) is 4. The van der Waals surface area contributed by atoms with E-state index >= 15 is 0 Å². The minimum atomic E-state index is 0.168. The molecule has 1 aliphatic rings. The van der Waals surface area contributed by atoms with Crippen LogP contribution >= 0.6 is 11.3 Å². The maximum atomic E-state index is 13.5. The highest BCUT2D eigenvalue weighted by Crippen LogP contribution is 2.35. The molecule has 0 saturated heterocycles. The molecule has 0 bridgehead atoms. The van der Waals surface area contributed by atoms with Crippen molar-refractivity contribution in [3.05, 3.63) is 62.5 Å². The highest BCUT2D eigenvalue weighted by atomic mass is 32.1. The molecule has 0 saturated carbocycles. The Morgan fingerprint density at radius 2 is 2.04 bits per heavy atom. The summed E-state index contributed by atoms with van der Waals surface area (Å²) in [5, 5.41) is 0.897. The average molecular weight is 396 g/mol. The molecule has 0 spiro atoms. The number of hydrogen-bond donors (Lipinski definition) is 0. The second-order valence-electron chi connectivity index (χ2n) is 8.34. The monoisotopic (exact) mass is 395 g/mol. The van der Waals surface area contributed by atoms with Crippen molar-refractivity contribution in [2.75, 3.05) is 14.1 Å². The molecule has 5 heteroatoms. The normalized spacial score (nSPS) is 16.6. The number of nitrogens with zero attached hydrogens (tertiary/aromatic N) is 3. The highest BCUT2D eigenvalue weighted by Gasteiger charge is 2.24. The van der Waals surface area contributed by atoms with Gasteiger partial charge < -0.3 is 4.90 Å². The molecule has 0 radical (unpaired) electrons. The van der Waals surface area contributed by atoms with Crippen LogP contribution in [-0.2, 0) is 32.4 Å². The molecule has 0 amide bonds. The summed E-state index contributed by atoms with van der Waals surface area (Å²) in [6, 6.07) is 10.5. The smallest absolute Gasteiger partial charge is 0.262 e. The van der Waals surface area contributed by atoms with Crippen LogP contribution in [0.2, 0.25) is 0 Å². The van der Waals surface area contributed by atoms with Gasteiger partial charge in [0.25, 0.3) is 5.56 Å². The minimum Gasteiger partial charge on any atom is -0.302 e. The molecule has 1 unspecified atom stereocenters. The number of aryl methyl sites for hydroxylation is 2. The first-order chi connectivity index (χ1) is 13.5. The summed E-state index contributed by atoms with van der Waals surface area (Å²) in [7, 11) is 4.07. The minimum absolute atomic E-state index is 0.168. The van der Waals surface area contributed by atoms with E-state index in [0.29, 0.717) is 12.5 Å². The van der Waals surface area contributed by atoms with Gasteiger partial charge in [0.05, 0.1) is 11.9 Å². The van der Waals surface area contributed by atoms with Crippen molar-refractivity contribution in [2.45, 2.75) is 52.1 Å². The Morgan fingerprint density at radius 1 is 1.25 bits per heavy atom. The molecule has 2 heterocycles. The average Bonchev–Trinajstić information content (AvgIpc) is 3.02. The molecule has 0 aliphatic heterocycles. The molecule has 1 aromatic carbocycles. The fourth-order valence-corrected chi connectivity index (χ4v) is 5.58. The summed E-state index contributed by atoms with van der Waals surface area (Å²) < 4.78 is 1.94. The summed E-state index contributed by atoms with van der Waals surface area (Å²) in [5.74, 6) is 1.59. The zero-order valence-corrected chi connectivity index (χ0v) is 17.9. The summed E-state index contributed by atoms with van der Waals surface area (Å²) in [6.07, 6.45) is 5.20. The van der Waals surface area contributed by atoms with Crippen LogP contribution in [-0.4, -0.2) is 28.5 Å². The standard InChI is InChI=1S/C23H29N3OS/c1-16-11-12-18-19(14-16)28-22-21(18)23(27)26(20(24-22)15-25(2)3)13-7-10-17-8-5-4-6-9-17/h4-6,8-9,16H,7,10-15H2,1-3H3. The van der Waals surface area contributed by atoms with Crippen molar-refractivity contribution >= 4 is 21.6 Å². The van der Waals surface area contributed by atoms with Crippen LogP contribution in [0.3, 0.4) is 0 Å². The fraction of sp³-hybridized carbons (Fsp3) is 0.478. The Balaban J connectivity index is 1.70. The molecule has 28 heavy (non-hydrogen) atoms. The van der Waals surface area contributed by atoms with E-state index in [1.807, 2.05) is 24.7 Å². The van der Waals surface area contributed by atoms with Crippen molar-refractivity contribution in [3.63, 3.8) is 0 Å². The van der Waals surface area contributed by atoms with Gasteiger partial charge in [-0.3, -0.25) is 9.36 Å². The Labute approximate surface area is 170 Å². The Morgan fingerprint density at radius 3 is 2.79 bits per heavy atom. The third-order valence-corrected chi connectivity index (χ3v) is 6.79. The quantitative estimate of drug-likeness (QED) is 0.625. The van der Waals surface area contributed by atoms with Gasteiger partial charge in [-0.25, -0.2) is 4.98 Å². The van der Waals surface area contributed by atoms with Crippen LogP contribution < -0.4 is 5.56 Å². The van der Waals surface area contributed by atoms with Crippen molar-refractivity contribution in [2.24, 2.45) is 5.92 Å². The van der Waals surface area contributed by atoms with Crippen LogP contribution in [0, 0.1) is 5.92 Å². The maximum absolute atomic E-state index is 13.5. The lowest BCUT2D eigenvalue weighted by Gasteiger charge is -2.18. The molecule has 148 valence electrons.